The minimum atomic E-state index is -1.12. The molecular formula is C10H9FN2O2. The molecule has 0 amide bonds. The summed E-state index contributed by atoms with van der Waals surface area (Å²) in [4.78, 5) is 14.7. The molecule has 1 heterocycles. The molecule has 0 aliphatic carbocycles. The average Bonchev–Trinajstić information content (AvgIpc) is 2.46. The smallest absolute Gasteiger partial charge is 0.372 e. The lowest BCUT2D eigenvalue weighted by Gasteiger charge is -1.98. The van der Waals surface area contributed by atoms with Crippen LogP contribution >= 0.6 is 0 Å². The number of nitrogens with zero attached hydrogens (tertiary/aromatic N) is 2. The first-order valence-corrected chi connectivity index (χ1v) is 4.36. The molecule has 0 spiro atoms. The van der Waals surface area contributed by atoms with Crippen molar-refractivity contribution in [2.45, 2.75) is 6.92 Å². The molecule has 0 radical (unpaired) electrons. The molecule has 0 aliphatic heterocycles. The Labute approximate surface area is 85.0 Å². The van der Waals surface area contributed by atoms with Gasteiger partial charge in [-0.25, -0.2) is 14.2 Å². The Bertz CT molecular complexity index is 560. The summed E-state index contributed by atoms with van der Waals surface area (Å²) in [5, 5.41) is 8.83. The third-order valence-electron chi connectivity index (χ3n) is 2.35. The number of carboxylic acid groups (broad SMARTS) is 1. The van der Waals surface area contributed by atoms with Crippen LogP contribution in [0.15, 0.2) is 12.1 Å². The van der Waals surface area contributed by atoms with Gasteiger partial charge in [0.15, 0.2) is 0 Å². The number of aromatic nitrogens is 2. The topological polar surface area (TPSA) is 55.1 Å². The van der Waals surface area contributed by atoms with Gasteiger partial charge in [-0.3, -0.25) is 0 Å². The van der Waals surface area contributed by atoms with Crippen molar-refractivity contribution in [1.82, 2.24) is 9.55 Å². The molecule has 78 valence electrons. The number of aryl methyl sites for hydroxylation is 2. The van der Waals surface area contributed by atoms with Crippen LogP contribution in [-0.4, -0.2) is 20.6 Å². The highest BCUT2D eigenvalue weighted by atomic mass is 19.1. The van der Waals surface area contributed by atoms with Crippen molar-refractivity contribution in [3.63, 3.8) is 0 Å². The molecule has 1 N–H and O–H groups in total. The molecule has 0 aliphatic rings. The predicted octanol–water partition coefficient (Wildman–Crippen LogP) is 1.72. The fraction of sp³-hybridized carbons (Fsp3) is 0.200. The summed E-state index contributed by atoms with van der Waals surface area (Å²) in [6.45, 7) is 1.61. The van der Waals surface area contributed by atoms with E-state index in [9.17, 15) is 9.18 Å². The summed E-state index contributed by atoms with van der Waals surface area (Å²) < 4.78 is 14.6. The molecule has 5 heteroatoms. The van der Waals surface area contributed by atoms with Crippen LogP contribution in [0.3, 0.4) is 0 Å². The van der Waals surface area contributed by atoms with E-state index in [4.69, 9.17) is 5.11 Å². The molecule has 0 unspecified atom stereocenters. The number of halogens is 1. The zero-order chi connectivity index (χ0) is 11.2. The Morgan fingerprint density at radius 1 is 1.53 bits per heavy atom. The quantitative estimate of drug-likeness (QED) is 0.776. The molecular weight excluding hydrogens is 199 g/mol. The van der Waals surface area contributed by atoms with Crippen LogP contribution in [0, 0.1) is 12.7 Å². The van der Waals surface area contributed by atoms with E-state index in [0.717, 1.165) is 0 Å². The summed E-state index contributed by atoms with van der Waals surface area (Å²) in [5.41, 5.74) is 1.43. The third kappa shape index (κ3) is 1.36. The molecule has 1 aromatic carbocycles. The van der Waals surface area contributed by atoms with Crippen LogP contribution in [0.4, 0.5) is 4.39 Å². The van der Waals surface area contributed by atoms with Gasteiger partial charge in [-0.1, -0.05) is 0 Å². The zero-order valence-corrected chi connectivity index (χ0v) is 8.28. The summed E-state index contributed by atoms with van der Waals surface area (Å²) in [7, 11) is 1.55. The van der Waals surface area contributed by atoms with Gasteiger partial charge in [-0.15, -0.1) is 0 Å². The second-order valence-electron chi connectivity index (χ2n) is 3.39. The van der Waals surface area contributed by atoms with E-state index in [0.29, 0.717) is 16.6 Å². The number of fused-ring (bicyclic) bond motifs is 1. The fourth-order valence-corrected chi connectivity index (χ4v) is 1.51. The monoisotopic (exact) mass is 208 g/mol. The molecule has 0 bridgehead atoms. The van der Waals surface area contributed by atoms with Gasteiger partial charge in [0.25, 0.3) is 0 Å². The lowest BCUT2D eigenvalue weighted by molar-refractivity contribution is 0.0680. The average molecular weight is 208 g/mol. The molecule has 0 saturated heterocycles. The van der Waals surface area contributed by atoms with E-state index in [1.165, 1.54) is 16.7 Å². The van der Waals surface area contributed by atoms with Crippen LogP contribution in [-0.2, 0) is 7.05 Å². The predicted molar refractivity (Wildman–Crippen MR) is 52.4 cm³/mol. The lowest BCUT2D eigenvalue weighted by atomic mass is 10.2. The SMILES string of the molecule is Cc1cc2nc(C(=O)O)n(C)c2cc1F. The largest absolute Gasteiger partial charge is 0.475 e. The number of rotatable bonds is 1. The molecule has 15 heavy (non-hydrogen) atoms. The van der Waals surface area contributed by atoms with E-state index in [2.05, 4.69) is 4.98 Å². The lowest BCUT2D eigenvalue weighted by Crippen LogP contribution is -2.05. The Hall–Kier alpha value is -1.91. The number of hydrogen-bond donors (Lipinski definition) is 1. The van der Waals surface area contributed by atoms with Crippen molar-refractivity contribution in [2.24, 2.45) is 7.05 Å². The van der Waals surface area contributed by atoms with Crippen LogP contribution in [0.2, 0.25) is 0 Å². The Morgan fingerprint density at radius 2 is 2.20 bits per heavy atom. The molecule has 0 fully saturated rings. The summed E-state index contributed by atoms with van der Waals surface area (Å²) in [6, 6.07) is 2.83. The van der Waals surface area contributed by atoms with Crippen molar-refractivity contribution in [1.29, 1.82) is 0 Å². The van der Waals surface area contributed by atoms with E-state index < -0.39 is 5.97 Å². The maximum atomic E-state index is 13.3. The molecule has 0 atom stereocenters. The second-order valence-corrected chi connectivity index (χ2v) is 3.39. The number of benzene rings is 1. The minimum absolute atomic E-state index is 0.0880. The number of imidazole rings is 1. The first-order valence-electron chi connectivity index (χ1n) is 4.36. The van der Waals surface area contributed by atoms with Crippen LogP contribution in [0.25, 0.3) is 11.0 Å². The zero-order valence-electron chi connectivity index (χ0n) is 8.28. The fourth-order valence-electron chi connectivity index (χ4n) is 1.51. The molecule has 2 rings (SSSR count). The van der Waals surface area contributed by atoms with Crippen molar-refractivity contribution in [2.75, 3.05) is 0 Å². The first kappa shape index (κ1) is 9.64. The van der Waals surface area contributed by atoms with Gasteiger partial charge >= 0.3 is 5.97 Å². The number of carboxylic acids is 1. The van der Waals surface area contributed by atoms with Crippen molar-refractivity contribution in [3.8, 4) is 0 Å². The van der Waals surface area contributed by atoms with Crippen molar-refractivity contribution in [3.05, 3.63) is 29.3 Å². The maximum absolute atomic E-state index is 13.3. The van der Waals surface area contributed by atoms with Gasteiger partial charge in [0.1, 0.15) is 5.82 Å². The van der Waals surface area contributed by atoms with E-state index in [1.807, 2.05) is 0 Å². The third-order valence-corrected chi connectivity index (χ3v) is 2.35. The molecule has 0 saturated carbocycles. The minimum Gasteiger partial charge on any atom is -0.475 e. The van der Waals surface area contributed by atoms with E-state index in [-0.39, 0.29) is 11.6 Å². The van der Waals surface area contributed by atoms with Crippen molar-refractivity contribution < 1.29 is 14.3 Å². The first-order chi connectivity index (χ1) is 7.00. The maximum Gasteiger partial charge on any atom is 0.372 e. The Kier molecular flexibility index (Phi) is 1.96. The van der Waals surface area contributed by atoms with Crippen LogP contribution < -0.4 is 0 Å². The Balaban J connectivity index is 2.83. The summed E-state index contributed by atoms with van der Waals surface area (Å²) in [6.07, 6.45) is 0. The molecule has 1 aromatic heterocycles. The van der Waals surface area contributed by atoms with Crippen molar-refractivity contribution >= 4 is 17.0 Å². The second kappa shape index (κ2) is 3.05. The van der Waals surface area contributed by atoms with E-state index >= 15 is 0 Å². The van der Waals surface area contributed by atoms with E-state index in [1.54, 1.807) is 14.0 Å². The normalized spacial score (nSPS) is 10.9. The highest BCUT2D eigenvalue weighted by molar-refractivity contribution is 5.89. The summed E-state index contributed by atoms with van der Waals surface area (Å²) in [5.74, 6) is -1.57. The van der Waals surface area contributed by atoms with Gasteiger partial charge in [0.2, 0.25) is 5.82 Å². The standard InChI is InChI=1S/C10H9FN2O2/c1-5-3-7-8(4-6(5)11)13(2)9(12-7)10(14)15/h3-4H,1-2H3,(H,14,15). The highest BCUT2D eigenvalue weighted by Gasteiger charge is 2.15. The van der Waals surface area contributed by atoms with Gasteiger partial charge < -0.3 is 9.67 Å². The molecule has 2 aromatic rings. The van der Waals surface area contributed by atoms with Gasteiger partial charge in [0.05, 0.1) is 11.0 Å². The number of hydrogen-bond acceptors (Lipinski definition) is 2. The van der Waals surface area contributed by atoms with Gasteiger partial charge in [-0.2, -0.15) is 0 Å². The van der Waals surface area contributed by atoms with Gasteiger partial charge in [0, 0.05) is 13.1 Å². The highest BCUT2D eigenvalue weighted by Crippen LogP contribution is 2.19. The Morgan fingerprint density at radius 3 is 2.80 bits per heavy atom. The number of aromatic carboxylic acids is 1. The van der Waals surface area contributed by atoms with Gasteiger partial charge in [-0.05, 0) is 18.6 Å². The number of carbonyl (C=O) groups is 1. The van der Waals surface area contributed by atoms with Crippen LogP contribution in [0.5, 0.6) is 0 Å². The molecule has 4 nitrogen and oxygen atoms in total. The van der Waals surface area contributed by atoms with Crippen LogP contribution in [0.1, 0.15) is 16.2 Å². The summed E-state index contributed by atoms with van der Waals surface area (Å²) >= 11 is 0.